The lowest BCUT2D eigenvalue weighted by molar-refractivity contribution is -0.121. The number of hydrogen-bond donors (Lipinski definition) is 2. The number of benzene rings is 1. The number of carbonyl (C=O) groups is 1. The number of para-hydroxylation sites is 1. The van der Waals surface area contributed by atoms with E-state index in [0.29, 0.717) is 13.0 Å². The van der Waals surface area contributed by atoms with Gasteiger partial charge in [0.1, 0.15) is 5.75 Å². The van der Waals surface area contributed by atoms with Crippen molar-refractivity contribution in [2.75, 3.05) is 20.2 Å². The van der Waals surface area contributed by atoms with Crippen LogP contribution in [0.15, 0.2) is 24.3 Å². The molecule has 0 aliphatic heterocycles. The maximum Gasteiger partial charge on any atom is 0.221 e. The van der Waals surface area contributed by atoms with Crippen molar-refractivity contribution in [3.63, 3.8) is 0 Å². The highest BCUT2D eigenvalue weighted by atomic mass is 16.5. The molecule has 4 nitrogen and oxygen atoms in total. The second-order valence-corrected chi connectivity index (χ2v) is 4.13. The van der Waals surface area contributed by atoms with E-state index >= 15 is 0 Å². The minimum Gasteiger partial charge on any atom is -0.496 e. The molecule has 1 amide bonds. The minimum absolute atomic E-state index is 0.0460. The lowest BCUT2D eigenvalue weighted by Crippen LogP contribution is -2.30. The standard InChI is InChI=1S/C14H22N2O2/c1-4-15-10-9-14(17)16-11(2)12-7-5-6-8-13(12)18-3/h5-8,11,15H,4,9-10H2,1-3H3,(H,16,17)/t11-/m0/s1. The topological polar surface area (TPSA) is 50.4 Å². The minimum atomic E-state index is -0.0460. The quantitative estimate of drug-likeness (QED) is 0.726. The summed E-state index contributed by atoms with van der Waals surface area (Å²) in [6, 6.07) is 7.68. The average molecular weight is 250 g/mol. The van der Waals surface area contributed by atoms with Crippen LogP contribution in [0.5, 0.6) is 5.75 Å². The molecule has 100 valence electrons. The molecule has 0 aliphatic carbocycles. The van der Waals surface area contributed by atoms with Gasteiger partial charge in [-0.05, 0) is 19.5 Å². The van der Waals surface area contributed by atoms with Crippen LogP contribution in [0.25, 0.3) is 0 Å². The van der Waals surface area contributed by atoms with E-state index in [1.165, 1.54) is 0 Å². The SMILES string of the molecule is CCNCCC(=O)N[C@@H](C)c1ccccc1OC. The third kappa shape index (κ3) is 4.37. The highest BCUT2D eigenvalue weighted by molar-refractivity contribution is 5.76. The van der Waals surface area contributed by atoms with Crippen LogP contribution in [-0.2, 0) is 4.79 Å². The lowest BCUT2D eigenvalue weighted by Gasteiger charge is -2.17. The summed E-state index contributed by atoms with van der Waals surface area (Å²) in [5.74, 6) is 0.853. The normalized spacial score (nSPS) is 11.9. The molecule has 0 bridgehead atoms. The number of amides is 1. The van der Waals surface area contributed by atoms with Crippen LogP contribution in [0.4, 0.5) is 0 Å². The third-order valence-corrected chi connectivity index (χ3v) is 2.76. The van der Waals surface area contributed by atoms with Crippen molar-refractivity contribution >= 4 is 5.91 Å². The smallest absolute Gasteiger partial charge is 0.221 e. The van der Waals surface area contributed by atoms with Gasteiger partial charge in [0, 0.05) is 18.5 Å². The fraction of sp³-hybridized carbons (Fsp3) is 0.500. The van der Waals surface area contributed by atoms with Gasteiger partial charge in [0.25, 0.3) is 0 Å². The molecule has 0 fully saturated rings. The Balaban J connectivity index is 2.53. The van der Waals surface area contributed by atoms with Crippen LogP contribution in [0.2, 0.25) is 0 Å². The Bertz CT molecular complexity index is 380. The molecule has 4 heteroatoms. The molecule has 0 saturated carbocycles. The maximum atomic E-state index is 11.7. The van der Waals surface area contributed by atoms with Crippen molar-refractivity contribution in [2.45, 2.75) is 26.3 Å². The first-order valence-corrected chi connectivity index (χ1v) is 6.32. The number of hydrogen-bond acceptors (Lipinski definition) is 3. The van der Waals surface area contributed by atoms with Crippen molar-refractivity contribution in [3.05, 3.63) is 29.8 Å². The van der Waals surface area contributed by atoms with Crippen LogP contribution in [-0.4, -0.2) is 26.1 Å². The van der Waals surface area contributed by atoms with Crippen molar-refractivity contribution < 1.29 is 9.53 Å². The molecule has 1 rings (SSSR count). The van der Waals surface area contributed by atoms with E-state index in [0.717, 1.165) is 17.9 Å². The molecule has 1 aromatic carbocycles. The van der Waals surface area contributed by atoms with Crippen LogP contribution in [0.1, 0.15) is 31.9 Å². The molecule has 0 aliphatic rings. The van der Waals surface area contributed by atoms with Crippen molar-refractivity contribution in [3.8, 4) is 5.75 Å². The summed E-state index contributed by atoms with van der Waals surface area (Å²) in [6.07, 6.45) is 0.493. The monoisotopic (exact) mass is 250 g/mol. The first-order valence-electron chi connectivity index (χ1n) is 6.32. The molecular formula is C14H22N2O2. The number of ether oxygens (including phenoxy) is 1. The van der Waals surface area contributed by atoms with E-state index in [1.54, 1.807) is 7.11 Å². The zero-order valence-electron chi connectivity index (χ0n) is 11.3. The zero-order valence-corrected chi connectivity index (χ0v) is 11.3. The van der Waals surface area contributed by atoms with E-state index in [-0.39, 0.29) is 11.9 Å². The van der Waals surface area contributed by atoms with Crippen LogP contribution in [0.3, 0.4) is 0 Å². The Hall–Kier alpha value is -1.55. The van der Waals surface area contributed by atoms with E-state index in [1.807, 2.05) is 38.1 Å². The van der Waals surface area contributed by atoms with Gasteiger partial charge in [0.2, 0.25) is 5.91 Å². The molecule has 0 spiro atoms. The summed E-state index contributed by atoms with van der Waals surface area (Å²) in [5, 5.41) is 6.10. The summed E-state index contributed by atoms with van der Waals surface area (Å²) >= 11 is 0. The molecule has 0 saturated heterocycles. The van der Waals surface area contributed by atoms with Crippen LogP contribution < -0.4 is 15.4 Å². The molecule has 1 aromatic rings. The van der Waals surface area contributed by atoms with E-state index in [2.05, 4.69) is 10.6 Å². The summed E-state index contributed by atoms with van der Waals surface area (Å²) in [7, 11) is 1.64. The molecule has 2 N–H and O–H groups in total. The number of methoxy groups -OCH3 is 1. The van der Waals surface area contributed by atoms with Crippen LogP contribution >= 0.6 is 0 Å². The number of rotatable bonds is 7. The fourth-order valence-electron chi connectivity index (χ4n) is 1.79. The largest absolute Gasteiger partial charge is 0.496 e. The Morgan fingerprint density at radius 1 is 1.39 bits per heavy atom. The van der Waals surface area contributed by atoms with Gasteiger partial charge in [-0.3, -0.25) is 4.79 Å². The summed E-state index contributed by atoms with van der Waals surface area (Å²) in [5.41, 5.74) is 0.997. The van der Waals surface area contributed by atoms with Gasteiger partial charge >= 0.3 is 0 Å². The summed E-state index contributed by atoms with van der Waals surface area (Å²) < 4.78 is 5.28. The Morgan fingerprint density at radius 2 is 2.11 bits per heavy atom. The van der Waals surface area contributed by atoms with Crippen molar-refractivity contribution in [2.24, 2.45) is 0 Å². The molecule has 0 unspecified atom stereocenters. The predicted molar refractivity (Wildman–Crippen MR) is 72.7 cm³/mol. The molecular weight excluding hydrogens is 228 g/mol. The van der Waals surface area contributed by atoms with Gasteiger partial charge in [-0.15, -0.1) is 0 Å². The Labute approximate surface area is 109 Å². The molecule has 0 aromatic heterocycles. The van der Waals surface area contributed by atoms with Gasteiger partial charge in [-0.2, -0.15) is 0 Å². The summed E-state index contributed by atoms with van der Waals surface area (Å²) in [4.78, 5) is 11.7. The van der Waals surface area contributed by atoms with Gasteiger partial charge < -0.3 is 15.4 Å². The second kappa shape index (κ2) is 7.71. The predicted octanol–water partition coefficient (Wildman–Crippen LogP) is 1.87. The molecule has 18 heavy (non-hydrogen) atoms. The third-order valence-electron chi connectivity index (χ3n) is 2.76. The van der Waals surface area contributed by atoms with Crippen molar-refractivity contribution in [1.29, 1.82) is 0 Å². The average Bonchev–Trinajstić information content (AvgIpc) is 2.39. The number of nitrogens with one attached hydrogen (secondary N) is 2. The highest BCUT2D eigenvalue weighted by Gasteiger charge is 2.12. The van der Waals surface area contributed by atoms with E-state index in [4.69, 9.17) is 4.74 Å². The van der Waals surface area contributed by atoms with Crippen LogP contribution in [0, 0.1) is 0 Å². The maximum absolute atomic E-state index is 11.7. The zero-order chi connectivity index (χ0) is 13.4. The molecule has 0 heterocycles. The van der Waals surface area contributed by atoms with Gasteiger partial charge in [-0.1, -0.05) is 25.1 Å². The summed E-state index contributed by atoms with van der Waals surface area (Å²) in [6.45, 7) is 5.58. The lowest BCUT2D eigenvalue weighted by atomic mass is 10.1. The first kappa shape index (κ1) is 14.5. The number of carbonyl (C=O) groups excluding carboxylic acids is 1. The molecule has 1 atom stereocenters. The highest BCUT2D eigenvalue weighted by Crippen LogP contribution is 2.24. The van der Waals surface area contributed by atoms with E-state index in [9.17, 15) is 4.79 Å². The van der Waals surface area contributed by atoms with Crippen molar-refractivity contribution in [1.82, 2.24) is 10.6 Å². The van der Waals surface area contributed by atoms with E-state index < -0.39 is 0 Å². The Kier molecular flexibility index (Phi) is 6.22. The second-order valence-electron chi connectivity index (χ2n) is 4.13. The van der Waals surface area contributed by atoms with Gasteiger partial charge in [0.05, 0.1) is 13.2 Å². The molecule has 0 radical (unpaired) electrons. The Morgan fingerprint density at radius 3 is 2.78 bits per heavy atom. The van der Waals surface area contributed by atoms with Gasteiger partial charge in [-0.25, -0.2) is 0 Å². The van der Waals surface area contributed by atoms with Gasteiger partial charge in [0.15, 0.2) is 0 Å². The first-order chi connectivity index (χ1) is 8.69. The fourth-order valence-corrected chi connectivity index (χ4v) is 1.79.